The second-order valence-electron chi connectivity index (χ2n) is 1.71. The molecule has 54 valence electrons. The van der Waals surface area contributed by atoms with Crippen LogP contribution < -0.4 is 0 Å². The van der Waals surface area contributed by atoms with Crippen molar-refractivity contribution in [3.8, 4) is 0 Å². The molecule has 0 aliphatic rings. The van der Waals surface area contributed by atoms with Gasteiger partial charge in [0.2, 0.25) is 5.95 Å². The number of nitrogens with zero attached hydrogens (tertiary/aromatic N) is 1. The lowest BCUT2D eigenvalue weighted by Gasteiger charge is -1.94. The van der Waals surface area contributed by atoms with E-state index in [0.717, 1.165) is 0 Å². The minimum absolute atomic E-state index is 0.0221. The fourth-order valence-corrected chi connectivity index (χ4v) is 0.783. The number of alkyl halides is 1. The van der Waals surface area contributed by atoms with Crippen LogP contribution in [0.5, 0.6) is 0 Å². The highest BCUT2D eigenvalue weighted by atomic mass is 35.5. The second-order valence-corrected chi connectivity index (χ2v) is 2.38. The monoisotopic (exact) mass is 179 g/mol. The van der Waals surface area contributed by atoms with Crippen molar-refractivity contribution >= 4 is 23.2 Å². The highest BCUT2D eigenvalue weighted by Crippen LogP contribution is 2.12. The zero-order valence-electron chi connectivity index (χ0n) is 4.94. The van der Waals surface area contributed by atoms with Gasteiger partial charge in [0.1, 0.15) is 0 Å². The largest absolute Gasteiger partial charge is 0.231 e. The van der Waals surface area contributed by atoms with Gasteiger partial charge in [-0.05, 0) is 12.1 Å². The quantitative estimate of drug-likeness (QED) is 0.478. The van der Waals surface area contributed by atoms with E-state index in [-0.39, 0.29) is 10.9 Å². The van der Waals surface area contributed by atoms with Crippen molar-refractivity contribution in [3.63, 3.8) is 0 Å². The van der Waals surface area contributed by atoms with Gasteiger partial charge in [-0.25, -0.2) is 4.98 Å². The number of hydrogen-bond acceptors (Lipinski definition) is 1. The van der Waals surface area contributed by atoms with Gasteiger partial charge in [-0.1, -0.05) is 11.6 Å². The molecule has 10 heavy (non-hydrogen) atoms. The molecule has 0 amide bonds. The molecule has 0 N–H and O–H groups in total. The Hall–Kier alpha value is -0.340. The molecule has 0 aliphatic heterocycles. The minimum atomic E-state index is -0.667. The van der Waals surface area contributed by atoms with Crippen LogP contribution in [0.3, 0.4) is 0 Å². The molecule has 1 aromatic heterocycles. The highest BCUT2D eigenvalue weighted by molar-refractivity contribution is 6.30. The van der Waals surface area contributed by atoms with Gasteiger partial charge in [-0.2, -0.15) is 4.39 Å². The molecule has 1 nitrogen and oxygen atoms in total. The molecule has 0 saturated carbocycles. The van der Waals surface area contributed by atoms with E-state index < -0.39 is 5.95 Å². The van der Waals surface area contributed by atoms with E-state index >= 15 is 0 Å². The van der Waals surface area contributed by atoms with E-state index in [1.54, 1.807) is 6.07 Å². The first-order chi connectivity index (χ1) is 4.74. The molecule has 0 radical (unpaired) electrons. The lowest BCUT2D eigenvalue weighted by atomic mass is 10.4. The lowest BCUT2D eigenvalue weighted by molar-refractivity contribution is 0.580. The molecule has 0 spiro atoms. The first-order valence-corrected chi connectivity index (χ1v) is 3.52. The summed E-state index contributed by atoms with van der Waals surface area (Å²) in [4.78, 5) is 3.46. The molecule has 0 fully saturated rings. The molecular formula is C6H4Cl2FN. The Labute approximate surface area is 67.8 Å². The van der Waals surface area contributed by atoms with Crippen LogP contribution in [0.15, 0.2) is 12.1 Å². The molecule has 1 rings (SSSR count). The van der Waals surface area contributed by atoms with Crippen LogP contribution in [-0.2, 0) is 5.88 Å². The van der Waals surface area contributed by atoms with Gasteiger partial charge in [0.15, 0.2) is 0 Å². The topological polar surface area (TPSA) is 12.9 Å². The van der Waals surface area contributed by atoms with Gasteiger partial charge in [-0.3, -0.25) is 0 Å². The van der Waals surface area contributed by atoms with Crippen LogP contribution in [0, 0.1) is 5.95 Å². The van der Waals surface area contributed by atoms with Gasteiger partial charge in [0.05, 0.1) is 16.6 Å². The van der Waals surface area contributed by atoms with Crippen molar-refractivity contribution in [2.75, 3.05) is 0 Å². The Morgan fingerprint density at radius 1 is 1.50 bits per heavy atom. The Kier molecular flexibility index (Phi) is 2.46. The van der Waals surface area contributed by atoms with Crippen LogP contribution in [0.2, 0.25) is 5.02 Å². The first kappa shape index (κ1) is 7.76. The number of rotatable bonds is 1. The van der Waals surface area contributed by atoms with Gasteiger partial charge >= 0.3 is 0 Å². The zero-order valence-corrected chi connectivity index (χ0v) is 6.45. The average molecular weight is 180 g/mol. The van der Waals surface area contributed by atoms with E-state index in [1.165, 1.54) is 6.07 Å². The summed E-state index contributed by atoms with van der Waals surface area (Å²) >= 11 is 10.7. The van der Waals surface area contributed by atoms with E-state index in [1.807, 2.05) is 0 Å². The predicted molar refractivity (Wildman–Crippen MR) is 38.8 cm³/mol. The summed E-state index contributed by atoms with van der Waals surface area (Å²) in [5.41, 5.74) is 0.489. The molecule has 0 saturated heterocycles. The third kappa shape index (κ3) is 1.58. The van der Waals surface area contributed by atoms with Crippen LogP contribution in [0.4, 0.5) is 4.39 Å². The van der Waals surface area contributed by atoms with Crippen LogP contribution in [0.1, 0.15) is 5.69 Å². The van der Waals surface area contributed by atoms with Crippen LogP contribution >= 0.6 is 23.2 Å². The van der Waals surface area contributed by atoms with Gasteiger partial charge in [-0.15, -0.1) is 11.6 Å². The molecule has 0 aliphatic carbocycles. The summed E-state index contributed by atoms with van der Waals surface area (Å²) in [6.07, 6.45) is 0. The molecule has 0 atom stereocenters. The van der Waals surface area contributed by atoms with E-state index in [0.29, 0.717) is 5.69 Å². The number of halogens is 3. The van der Waals surface area contributed by atoms with E-state index in [4.69, 9.17) is 23.2 Å². The van der Waals surface area contributed by atoms with Gasteiger partial charge in [0, 0.05) is 0 Å². The Balaban J connectivity index is 3.04. The summed E-state index contributed by atoms with van der Waals surface area (Å²) in [6.45, 7) is 0. The summed E-state index contributed by atoms with van der Waals surface area (Å²) in [6, 6.07) is 3.01. The molecule has 0 unspecified atom stereocenters. The standard InChI is InChI=1S/C6H4Cl2FN/c7-3-4-1-2-5(8)6(9)10-4/h1-2H,3H2. The Bertz CT molecular complexity index is 239. The Morgan fingerprint density at radius 3 is 2.70 bits per heavy atom. The maximum absolute atomic E-state index is 12.5. The van der Waals surface area contributed by atoms with Crippen LogP contribution in [-0.4, -0.2) is 4.98 Å². The van der Waals surface area contributed by atoms with Crippen molar-refractivity contribution in [1.29, 1.82) is 0 Å². The van der Waals surface area contributed by atoms with Crippen molar-refractivity contribution in [2.24, 2.45) is 0 Å². The zero-order chi connectivity index (χ0) is 7.56. The van der Waals surface area contributed by atoms with E-state index in [9.17, 15) is 4.39 Å². The minimum Gasteiger partial charge on any atom is -0.222 e. The first-order valence-electron chi connectivity index (χ1n) is 2.61. The smallest absolute Gasteiger partial charge is 0.222 e. The molecule has 4 heteroatoms. The fourth-order valence-electron chi connectivity index (χ4n) is 0.529. The molecule has 0 aromatic carbocycles. The third-order valence-corrected chi connectivity index (χ3v) is 1.55. The predicted octanol–water partition coefficient (Wildman–Crippen LogP) is 2.61. The number of pyridine rings is 1. The number of hydrogen-bond donors (Lipinski definition) is 0. The normalized spacial score (nSPS) is 9.90. The van der Waals surface area contributed by atoms with Crippen LogP contribution in [0.25, 0.3) is 0 Å². The number of aromatic nitrogens is 1. The van der Waals surface area contributed by atoms with E-state index in [2.05, 4.69) is 4.98 Å². The highest BCUT2D eigenvalue weighted by Gasteiger charge is 2.00. The van der Waals surface area contributed by atoms with Gasteiger partial charge < -0.3 is 0 Å². The Morgan fingerprint density at radius 2 is 2.20 bits per heavy atom. The lowest BCUT2D eigenvalue weighted by Crippen LogP contribution is -1.89. The summed E-state index contributed by atoms with van der Waals surface area (Å²) in [5.74, 6) is -0.464. The van der Waals surface area contributed by atoms with Crippen molar-refractivity contribution < 1.29 is 4.39 Å². The third-order valence-electron chi connectivity index (χ3n) is 0.998. The van der Waals surface area contributed by atoms with Crippen molar-refractivity contribution in [1.82, 2.24) is 4.98 Å². The van der Waals surface area contributed by atoms with Crippen molar-refractivity contribution in [3.05, 3.63) is 28.8 Å². The SMILES string of the molecule is Fc1nc(CCl)ccc1Cl. The van der Waals surface area contributed by atoms with Crippen molar-refractivity contribution in [2.45, 2.75) is 5.88 Å². The maximum Gasteiger partial charge on any atom is 0.231 e. The van der Waals surface area contributed by atoms with Gasteiger partial charge in [0.25, 0.3) is 0 Å². The molecular weight excluding hydrogens is 176 g/mol. The fraction of sp³-hybridized carbons (Fsp3) is 0.167. The average Bonchev–Trinajstić information content (AvgIpc) is 1.95. The molecule has 0 bridgehead atoms. The second kappa shape index (κ2) is 3.17. The summed E-state index contributed by atoms with van der Waals surface area (Å²) in [5, 5.41) is 0.0221. The molecule has 1 aromatic rings. The summed E-state index contributed by atoms with van der Waals surface area (Å²) < 4.78 is 12.5. The summed E-state index contributed by atoms with van der Waals surface area (Å²) in [7, 11) is 0. The molecule has 1 heterocycles. The maximum atomic E-state index is 12.5.